The van der Waals surface area contributed by atoms with Crippen molar-refractivity contribution < 1.29 is 4.79 Å². The molecule has 0 aliphatic carbocycles. The van der Waals surface area contributed by atoms with E-state index in [1.54, 1.807) is 13.0 Å². The summed E-state index contributed by atoms with van der Waals surface area (Å²) in [5.41, 5.74) is 1.74. The van der Waals surface area contributed by atoms with E-state index < -0.39 is 0 Å². The first kappa shape index (κ1) is 12.2. The monoisotopic (exact) mass is 258 g/mol. The Morgan fingerprint density at radius 1 is 1.32 bits per heavy atom. The Kier molecular flexibility index (Phi) is 2.81. The van der Waals surface area contributed by atoms with Crippen LogP contribution in [0.15, 0.2) is 35.1 Å². The van der Waals surface area contributed by atoms with Crippen molar-refractivity contribution in [2.24, 2.45) is 5.92 Å². The number of amides is 1. The van der Waals surface area contributed by atoms with E-state index in [-0.39, 0.29) is 17.4 Å². The Labute approximate surface area is 112 Å². The predicted molar refractivity (Wildman–Crippen MR) is 72.9 cm³/mol. The molecule has 0 spiro atoms. The van der Waals surface area contributed by atoms with Crippen LogP contribution in [0.3, 0.4) is 0 Å². The largest absolute Gasteiger partial charge is 0.338 e. The van der Waals surface area contributed by atoms with E-state index in [1.807, 2.05) is 21.6 Å². The maximum absolute atomic E-state index is 12.1. The normalized spacial score (nSPS) is 24.8. The summed E-state index contributed by atoms with van der Waals surface area (Å²) < 4.78 is 1.88. The zero-order valence-corrected chi connectivity index (χ0v) is 11.1. The van der Waals surface area contributed by atoms with E-state index in [1.165, 1.54) is 0 Å². The van der Waals surface area contributed by atoms with Crippen LogP contribution in [0.4, 0.5) is 0 Å². The number of fused-ring (bicyclic) bond motifs is 4. The van der Waals surface area contributed by atoms with Crippen LogP contribution in [0.25, 0.3) is 0 Å². The lowest BCUT2D eigenvalue weighted by Crippen LogP contribution is -2.49. The molecule has 0 aromatic carbocycles. The Balaban J connectivity index is 1.94. The van der Waals surface area contributed by atoms with Gasteiger partial charge in [-0.1, -0.05) is 12.6 Å². The lowest BCUT2D eigenvalue weighted by atomic mass is 9.83. The van der Waals surface area contributed by atoms with Crippen LogP contribution in [-0.2, 0) is 11.3 Å². The number of rotatable bonds is 1. The molecule has 100 valence electrons. The fourth-order valence-electron chi connectivity index (χ4n) is 3.33. The molecular weight excluding hydrogens is 240 g/mol. The highest BCUT2D eigenvalue weighted by Gasteiger charge is 2.36. The second-order valence-electron chi connectivity index (χ2n) is 5.69. The third kappa shape index (κ3) is 2.01. The fourth-order valence-corrected chi connectivity index (χ4v) is 3.33. The minimum atomic E-state index is 0.0430. The standard InChI is InChI=1S/C15H18N2O2/c1-10(2)15(19)16-7-11-6-12(9-16)13-4-3-5-14(18)17(13)8-11/h3-5,11-12H,1,6-9H2,2H3/t11-,12-/m0/s1. The first-order valence-corrected chi connectivity index (χ1v) is 6.71. The molecule has 2 bridgehead atoms. The highest BCUT2D eigenvalue weighted by atomic mass is 16.2. The molecule has 1 aromatic heterocycles. The summed E-state index contributed by atoms with van der Waals surface area (Å²) in [6.07, 6.45) is 1.07. The van der Waals surface area contributed by atoms with Crippen LogP contribution < -0.4 is 5.56 Å². The third-order valence-corrected chi connectivity index (χ3v) is 4.13. The smallest absolute Gasteiger partial charge is 0.250 e. The number of nitrogens with zero attached hydrogens (tertiary/aromatic N) is 2. The zero-order chi connectivity index (χ0) is 13.6. The SMILES string of the molecule is C=C(C)C(=O)N1C[C@@H]2C[C@@H](C1)c1cccc(=O)n1C2. The van der Waals surface area contributed by atoms with E-state index in [0.717, 1.165) is 25.2 Å². The quantitative estimate of drug-likeness (QED) is 0.714. The Hall–Kier alpha value is -1.84. The molecule has 2 aliphatic rings. The maximum atomic E-state index is 12.1. The van der Waals surface area contributed by atoms with E-state index in [0.29, 0.717) is 18.0 Å². The predicted octanol–water partition coefficient (Wildman–Crippen LogP) is 1.37. The van der Waals surface area contributed by atoms with E-state index in [4.69, 9.17) is 0 Å². The van der Waals surface area contributed by atoms with Gasteiger partial charge >= 0.3 is 0 Å². The molecular formula is C15H18N2O2. The second-order valence-corrected chi connectivity index (χ2v) is 5.69. The Morgan fingerprint density at radius 2 is 2.11 bits per heavy atom. The van der Waals surface area contributed by atoms with Crippen LogP contribution in [0.2, 0.25) is 0 Å². The minimum Gasteiger partial charge on any atom is -0.338 e. The molecule has 3 rings (SSSR count). The lowest BCUT2D eigenvalue weighted by Gasteiger charge is -2.42. The van der Waals surface area contributed by atoms with Gasteiger partial charge < -0.3 is 9.47 Å². The molecule has 1 aromatic rings. The van der Waals surface area contributed by atoms with Crippen molar-refractivity contribution in [3.05, 3.63) is 46.4 Å². The van der Waals surface area contributed by atoms with Crippen molar-refractivity contribution in [1.82, 2.24) is 9.47 Å². The van der Waals surface area contributed by atoms with Crippen molar-refractivity contribution in [1.29, 1.82) is 0 Å². The molecule has 3 heterocycles. The summed E-state index contributed by atoms with van der Waals surface area (Å²) in [4.78, 5) is 25.8. The van der Waals surface area contributed by atoms with Crippen LogP contribution in [0.1, 0.15) is 25.0 Å². The number of likely N-dealkylation sites (tertiary alicyclic amines) is 1. The summed E-state index contributed by atoms with van der Waals surface area (Å²) in [7, 11) is 0. The van der Waals surface area contributed by atoms with Gasteiger partial charge in [0.15, 0.2) is 0 Å². The van der Waals surface area contributed by atoms with Crippen molar-refractivity contribution in [3.63, 3.8) is 0 Å². The molecule has 1 amide bonds. The number of carbonyl (C=O) groups is 1. The molecule has 4 heteroatoms. The molecule has 0 N–H and O–H groups in total. The van der Waals surface area contributed by atoms with E-state index in [2.05, 4.69) is 6.58 Å². The molecule has 4 nitrogen and oxygen atoms in total. The minimum absolute atomic E-state index is 0.0430. The van der Waals surface area contributed by atoms with Gasteiger partial charge in [0.05, 0.1) is 0 Å². The fraction of sp³-hybridized carbons (Fsp3) is 0.467. The van der Waals surface area contributed by atoms with Crippen molar-refractivity contribution in [2.45, 2.75) is 25.8 Å². The third-order valence-electron chi connectivity index (χ3n) is 4.13. The van der Waals surface area contributed by atoms with Gasteiger partial charge in [0.2, 0.25) is 5.91 Å². The molecule has 1 fully saturated rings. The second kappa shape index (κ2) is 4.37. The van der Waals surface area contributed by atoms with Gasteiger partial charge in [0.1, 0.15) is 0 Å². The summed E-state index contributed by atoms with van der Waals surface area (Å²) in [6, 6.07) is 5.44. The van der Waals surface area contributed by atoms with Crippen LogP contribution >= 0.6 is 0 Å². The van der Waals surface area contributed by atoms with Crippen molar-refractivity contribution in [3.8, 4) is 0 Å². The summed E-state index contributed by atoms with van der Waals surface area (Å²) in [5, 5.41) is 0. The summed E-state index contributed by atoms with van der Waals surface area (Å²) >= 11 is 0. The Morgan fingerprint density at radius 3 is 2.84 bits per heavy atom. The number of hydrogen-bond donors (Lipinski definition) is 0. The number of hydrogen-bond acceptors (Lipinski definition) is 2. The number of aromatic nitrogens is 1. The van der Waals surface area contributed by atoms with E-state index in [9.17, 15) is 9.59 Å². The molecule has 0 unspecified atom stereocenters. The lowest BCUT2D eigenvalue weighted by molar-refractivity contribution is -0.129. The van der Waals surface area contributed by atoms with Crippen LogP contribution in [-0.4, -0.2) is 28.5 Å². The van der Waals surface area contributed by atoms with E-state index >= 15 is 0 Å². The first-order valence-electron chi connectivity index (χ1n) is 6.71. The van der Waals surface area contributed by atoms with Gasteiger partial charge in [-0.15, -0.1) is 0 Å². The van der Waals surface area contributed by atoms with Crippen LogP contribution in [0, 0.1) is 5.92 Å². The highest BCUT2D eigenvalue weighted by Crippen LogP contribution is 2.35. The molecule has 2 atom stereocenters. The maximum Gasteiger partial charge on any atom is 0.250 e. The summed E-state index contributed by atoms with van der Waals surface area (Å²) in [6.45, 7) is 7.66. The van der Waals surface area contributed by atoms with Gasteiger partial charge in [-0.05, 0) is 25.3 Å². The van der Waals surface area contributed by atoms with Gasteiger partial charge in [-0.25, -0.2) is 0 Å². The average Bonchev–Trinajstić information content (AvgIpc) is 2.39. The van der Waals surface area contributed by atoms with Gasteiger partial charge in [0, 0.05) is 42.9 Å². The van der Waals surface area contributed by atoms with Crippen molar-refractivity contribution >= 4 is 5.91 Å². The van der Waals surface area contributed by atoms with Gasteiger partial charge in [0.25, 0.3) is 5.56 Å². The number of piperidine rings is 1. The number of pyridine rings is 1. The molecule has 19 heavy (non-hydrogen) atoms. The molecule has 0 radical (unpaired) electrons. The highest BCUT2D eigenvalue weighted by molar-refractivity contribution is 5.92. The van der Waals surface area contributed by atoms with Crippen molar-refractivity contribution in [2.75, 3.05) is 13.1 Å². The zero-order valence-electron chi connectivity index (χ0n) is 11.1. The summed E-state index contributed by atoms with van der Waals surface area (Å²) in [5.74, 6) is 0.709. The number of carbonyl (C=O) groups excluding carboxylic acids is 1. The molecule has 2 aliphatic heterocycles. The first-order chi connectivity index (χ1) is 9.06. The van der Waals surface area contributed by atoms with Gasteiger partial charge in [-0.3, -0.25) is 9.59 Å². The van der Waals surface area contributed by atoms with Crippen LogP contribution in [0.5, 0.6) is 0 Å². The average molecular weight is 258 g/mol. The molecule has 0 saturated carbocycles. The molecule has 1 saturated heterocycles. The topological polar surface area (TPSA) is 42.3 Å². The Bertz CT molecular complexity index is 602. The van der Waals surface area contributed by atoms with Gasteiger partial charge in [-0.2, -0.15) is 0 Å².